The summed E-state index contributed by atoms with van der Waals surface area (Å²) < 4.78 is 5.55. The predicted octanol–water partition coefficient (Wildman–Crippen LogP) is 0.965. The summed E-state index contributed by atoms with van der Waals surface area (Å²) in [5.41, 5.74) is -0.709. The summed E-state index contributed by atoms with van der Waals surface area (Å²) in [6.45, 7) is 3.64. The minimum atomic E-state index is -0.817. The normalized spacial score (nSPS) is 27.8. The second-order valence-corrected chi connectivity index (χ2v) is 5.52. The fraction of sp³-hybridized carbons (Fsp3) is 0.846. The van der Waals surface area contributed by atoms with Crippen molar-refractivity contribution in [3.8, 4) is 0 Å². The molecule has 2 fully saturated rings. The van der Waals surface area contributed by atoms with Crippen LogP contribution in [-0.2, 0) is 9.53 Å². The van der Waals surface area contributed by atoms with E-state index in [0.29, 0.717) is 25.3 Å². The number of carboxylic acid groups (broad SMARTS) is 1. The van der Waals surface area contributed by atoms with Crippen molar-refractivity contribution >= 4 is 12.0 Å². The molecule has 1 aliphatic carbocycles. The highest BCUT2D eigenvalue weighted by Crippen LogP contribution is 2.45. The van der Waals surface area contributed by atoms with E-state index in [1.807, 2.05) is 0 Å². The smallest absolute Gasteiger partial charge is 0.314 e. The monoisotopic (exact) mass is 270 g/mol. The zero-order valence-corrected chi connectivity index (χ0v) is 11.3. The minimum absolute atomic E-state index is 0.215. The van der Waals surface area contributed by atoms with Gasteiger partial charge >= 0.3 is 12.0 Å². The van der Waals surface area contributed by atoms with E-state index in [1.165, 1.54) is 0 Å². The Balaban J connectivity index is 1.66. The van der Waals surface area contributed by atoms with Crippen LogP contribution in [0, 0.1) is 11.3 Å². The molecule has 1 saturated heterocycles. The first-order valence-corrected chi connectivity index (χ1v) is 6.94. The maximum atomic E-state index is 11.6. The van der Waals surface area contributed by atoms with Gasteiger partial charge in [0.15, 0.2) is 0 Å². The fourth-order valence-corrected chi connectivity index (χ4v) is 2.53. The lowest BCUT2D eigenvalue weighted by atomic mass is 10.00. The van der Waals surface area contributed by atoms with Gasteiger partial charge in [-0.05, 0) is 25.7 Å². The van der Waals surface area contributed by atoms with Gasteiger partial charge in [-0.2, -0.15) is 0 Å². The van der Waals surface area contributed by atoms with E-state index in [-0.39, 0.29) is 18.7 Å². The molecule has 2 amide bonds. The second-order valence-electron chi connectivity index (χ2n) is 5.52. The van der Waals surface area contributed by atoms with E-state index in [4.69, 9.17) is 9.84 Å². The highest BCUT2D eigenvalue weighted by Gasteiger charge is 2.50. The molecule has 108 valence electrons. The Hall–Kier alpha value is -1.30. The number of carbonyl (C=O) groups excluding carboxylic acids is 1. The summed E-state index contributed by atoms with van der Waals surface area (Å²) in [6.07, 6.45) is 3.45. The van der Waals surface area contributed by atoms with E-state index in [2.05, 4.69) is 17.6 Å². The van der Waals surface area contributed by atoms with Gasteiger partial charge < -0.3 is 20.5 Å². The molecule has 2 unspecified atom stereocenters. The van der Waals surface area contributed by atoms with Crippen LogP contribution >= 0.6 is 0 Å². The molecule has 2 rings (SSSR count). The van der Waals surface area contributed by atoms with Crippen LogP contribution in [0.4, 0.5) is 4.79 Å². The standard InChI is InChI=1S/C13H22N2O4/c1-2-10-9(3-6-19-10)7-14-12(18)15-8-13(4-5-13)11(16)17/h9-10H,2-8H2,1H3,(H,16,17)(H2,14,15,18). The molecule has 0 bridgehead atoms. The lowest BCUT2D eigenvalue weighted by Gasteiger charge is -2.18. The number of aliphatic carboxylic acids is 1. The van der Waals surface area contributed by atoms with Gasteiger partial charge in [-0.3, -0.25) is 4.79 Å². The third kappa shape index (κ3) is 3.37. The van der Waals surface area contributed by atoms with Crippen molar-refractivity contribution in [2.24, 2.45) is 11.3 Å². The number of hydrogen-bond acceptors (Lipinski definition) is 3. The van der Waals surface area contributed by atoms with Crippen LogP contribution in [-0.4, -0.2) is 42.9 Å². The minimum Gasteiger partial charge on any atom is -0.481 e. The van der Waals surface area contributed by atoms with Gasteiger partial charge in [0.2, 0.25) is 0 Å². The first kappa shape index (κ1) is 14.1. The number of nitrogens with one attached hydrogen (secondary N) is 2. The Kier molecular flexibility index (Phi) is 4.29. The number of carbonyl (C=O) groups is 2. The third-order valence-electron chi connectivity index (χ3n) is 4.17. The molecule has 19 heavy (non-hydrogen) atoms. The molecule has 0 aromatic heterocycles. The number of urea groups is 1. The molecule has 0 spiro atoms. The van der Waals surface area contributed by atoms with Gasteiger partial charge in [0.1, 0.15) is 0 Å². The second kappa shape index (κ2) is 5.77. The van der Waals surface area contributed by atoms with Gasteiger partial charge in [0.25, 0.3) is 0 Å². The Labute approximate surface area is 112 Å². The maximum absolute atomic E-state index is 11.6. The quantitative estimate of drug-likeness (QED) is 0.671. The zero-order valence-electron chi connectivity index (χ0n) is 11.3. The summed E-state index contributed by atoms with van der Waals surface area (Å²) >= 11 is 0. The van der Waals surface area contributed by atoms with Gasteiger partial charge in [0, 0.05) is 25.6 Å². The molecule has 2 atom stereocenters. The summed E-state index contributed by atoms with van der Waals surface area (Å²) in [5, 5.41) is 14.5. The van der Waals surface area contributed by atoms with Crippen LogP contribution < -0.4 is 10.6 Å². The number of ether oxygens (including phenoxy) is 1. The first-order valence-electron chi connectivity index (χ1n) is 6.94. The molecule has 6 nitrogen and oxygen atoms in total. The third-order valence-corrected chi connectivity index (χ3v) is 4.17. The van der Waals surface area contributed by atoms with Gasteiger partial charge in [-0.25, -0.2) is 4.79 Å². The Morgan fingerprint density at radius 1 is 1.37 bits per heavy atom. The fourth-order valence-electron chi connectivity index (χ4n) is 2.53. The van der Waals surface area contributed by atoms with Gasteiger partial charge in [0.05, 0.1) is 11.5 Å². The number of carboxylic acids is 1. The van der Waals surface area contributed by atoms with Crippen LogP contribution in [0.2, 0.25) is 0 Å². The van der Waals surface area contributed by atoms with Crippen molar-refractivity contribution in [3.63, 3.8) is 0 Å². The van der Waals surface area contributed by atoms with E-state index < -0.39 is 11.4 Å². The highest BCUT2D eigenvalue weighted by atomic mass is 16.5. The average molecular weight is 270 g/mol. The van der Waals surface area contributed by atoms with Crippen molar-refractivity contribution in [1.82, 2.24) is 10.6 Å². The highest BCUT2D eigenvalue weighted by molar-refractivity contribution is 5.80. The molecule has 0 aromatic carbocycles. The number of hydrogen-bond donors (Lipinski definition) is 3. The Morgan fingerprint density at radius 3 is 2.68 bits per heavy atom. The largest absolute Gasteiger partial charge is 0.481 e. The molecule has 0 aromatic rings. The Morgan fingerprint density at radius 2 is 2.11 bits per heavy atom. The van der Waals surface area contributed by atoms with Crippen molar-refractivity contribution in [3.05, 3.63) is 0 Å². The van der Waals surface area contributed by atoms with Crippen molar-refractivity contribution in [2.75, 3.05) is 19.7 Å². The number of amides is 2. The molecular formula is C13H22N2O4. The molecule has 6 heteroatoms. The van der Waals surface area contributed by atoms with Crippen molar-refractivity contribution in [2.45, 2.75) is 38.7 Å². The van der Waals surface area contributed by atoms with Crippen molar-refractivity contribution < 1.29 is 19.4 Å². The summed E-state index contributed by atoms with van der Waals surface area (Å²) in [6, 6.07) is -0.283. The van der Waals surface area contributed by atoms with Crippen molar-refractivity contribution in [1.29, 1.82) is 0 Å². The topological polar surface area (TPSA) is 87.7 Å². The molecule has 1 heterocycles. The Bertz CT molecular complexity index is 355. The molecule has 3 N–H and O–H groups in total. The van der Waals surface area contributed by atoms with Gasteiger partial charge in [-0.1, -0.05) is 6.92 Å². The summed E-state index contributed by atoms with van der Waals surface area (Å²) in [4.78, 5) is 22.6. The predicted molar refractivity (Wildman–Crippen MR) is 68.8 cm³/mol. The van der Waals surface area contributed by atoms with E-state index in [1.54, 1.807) is 0 Å². The maximum Gasteiger partial charge on any atom is 0.314 e. The SMILES string of the molecule is CCC1OCCC1CNC(=O)NCC1(C(=O)O)CC1. The zero-order chi connectivity index (χ0) is 13.9. The summed E-state index contributed by atoms with van der Waals surface area (Å²) in [5.74, 6) is -0.451. The number of rotatable bonds is 6. The molecule has 1 aliphatic heterocycles. The van der Waals surface area contributed by atoms with Crippen LogP contribution in [0.3, 0.4) is 0 Å². The van der Waals surface area contributed by atoms with Crippen LogP contribution in [0.1, 0.15) is 32.6 Å². The lowest BCUT2D eigenvalue weighted by molar-refractivity contribution is -0.143. The van der Waals surface area contributed by atoms with Gasteiger partial charge in [-0.15, -0.1) is 0 Å². The first-order chi connectivity index (χ1) is 9.07. The molecule has 2 aliphatic rings. The van der Waals surface area contributed by atoms with E-state index in [9.17, 15) is 9.59 Å². The van der Waals surface area contributed by atoms with Crippen LogP contribution in [0.5, 0.6) is 0 Å². The lowest BCUT2D eigenvalue weighted by Crippen LogP contribution is -2.43. The molecule has 0 radical (unpaired) electrons. The van der Waals surface area contributed by atoms with E-state index >= 15 is 0 Å². The van der Waals surface area contributed by atoms with Crippen LogP contribution in [0.25, 0.3) is 0 Å². The van der Waals surface area contributed by atoms with E-state index in [0.717, 1.165) is 19.4 Å². The van der Waals surface area contributed by atoms with Crippen LogP contribution in [0.15, 0.2) is 0 Å². The average Bonchev–Trinajstić information content (AvgIpc) is 3.06. The molecular weight excluding hydrogens is 248 g/mol. The molecule has 1 saturated carbocycles. The summed E-state index contributed by atoms with van der Waals surface area (Å²) in [7, 11) is 0.